The van der Waals surface area contributed by atoms with Crippen LogP contribution in [0.5, 0.6) is 11.5 Å². The van der Waals surface area contributed by atoms with Crippen LogP contribution in [0.4, 0.5) is 5.95 Å². The van der Waals surface area contributed by atoms with Gasteiger partial charge in [0.05, 0.1) is 35.9 Å². The lowest BCUT2D eigenvalue weighted by atomic mass is 10.0. The van der Waals surface area contributed by atoms with Gasteiger partial charge in [-0.25, -0.2) is 4.98 Å². The molecule has 0 atom stereocenters. The van der Waals surface area contributed by atoms with Crippen molar-refractivity contribution in [3.63, 3.8) is 0 Å². The van der Waals surface area contributed by atoms with Crippen LogP contribution in [0.2, 0.25) is 10.0 Å². The van der Waals surface area contributed by atoms with Gasteiger partial charge in [0.15, 0.2) is 0 Å². The fourth-order valence-electron chi connectivity index (χ4n) is 5.19. The minimum Gasteiger partial charge on any atom is -0.495 e. The highest BCUT2D eigenvalue weighted by molar-refractivity contribution is 6.41. The maximum Gasteiger partial charge on any atom is 0.260 e. The standard InChI is InChI=1S/C32H42Cl2N6O5/c1-5-8-17-45-25-20-24(43-4)28(33)27(29(25)34)23-19-22-21-36-32(35-10-18-44-7-3)37-30(22)40(31(23)42)12-9-11-38-13-15-39(16-14-38)26(41)6-2/h6,19-21H,2,5,7-18H2,1,3-4H3,(H,35,36,37). The first-order valence-electron chi connectivity index (χ1n) is 15.4. The fraction of sp³-hybridized carbons (Fsp3) is 0.500. The molecule has 3 aromatic rings. The zero-order valence-corrected chi connectivity index (χ0v) is 27.8. The number of piperazine rings is 1. The summed E-state index contributed by atoms with van der Waals surface area (Å²) in [4.78, 5) is 39.6. The molecule has 1 amide bonds. The number of hydrogen-bond donors (Lipinski definition) is 1. The lowest BCUT2D eigenvalue weighted by molar-refractivity contribution is -0.127. The van der Waals surface area contributed by atoms with Gasteiger partial charge >= 0.3 is 0 Å². The smallest absolute Gasteiger partial charge is 0.260 e. The van der Waals surface area contributed by atoms with E-state index in [1.807, 2.05) is 6.92 Å². The van der Waals surface area contributed by atoms with Crippen LogP contribution >= 0.6 is 23.2 Å². The summed E-state index contributed by atoms with van der Waals surface area (Å²) in [6.45, 7) is 13.6. The molecule has 1 aliphatic rings. The number of unbranched alkanes of at least 4 members (excludes halogenated alkanes) is 1. The number of anilines is 1. The van der Waals surface area contributed by atoms with E-state index in [2.05, 4.69) is 28.7 Å². The summed E-state index contributed by atoms with van der Waals surface area (Å²) in [7, 11) is 1.51. The predicted octanol–water partition coefficient (Wildman–Crippen LogP) is 5.12. The highest BCUT2D eigenvalue weighted by Gasteiger charge is 2.24. The van der Waals surface area contributed by atoms with Crippen molar-refractivity contribution in [2.45, 2.75) is 39.7 Å². The first-order chi connectivity index (χ1) is 21.8. The minimum absolute atomic E-state index is 0.0522. The van der Waals surface area contributed by atoms with Crippen LogP contribution in [0.1, 0.15) is 33.1 Å². The lowest BCUT2D eigenvalue weighted by Crippen LogP contribution is -2.48. The third-order valence-corrected chi connectivity index (χ3v) is 8.40. The van der Waals surface area contributed by atoms with Crippen LogP contribution in [0, 0.1) is 0 Å². The largest absolute Gasteiger partial charge is 0.495 e. The number of rotatable bonds is 16. The molecule has 4 rings (SSSR count). The van der Waals surface area contributed by atoms with E-state index < -0.39 is 0 Å². The first-order valence-corrected chi connectivity index (χ1v) is 16.1. The lowest BCUT2D eigenvalue weighted by Gasteiger charge is -2.34. The van der Waals surface area contributed by atoms with E-state index in [0.29, 0.717) is 92.0 Å². The molecule has 1 saturated heterocycles. The molecule has 0 unspecified atom stereocenters. The second-order valence-corrected chi connectivity index (χ2v) is 11.4. The first kappa shape index (κ1) is 34.5. The number of pyridine rings is 1. The van der Waals surface area contributed by atoms with E-state index in [4.69, 9.17) is 42.4 Å². The topological polar surface area (TPSA) is 111 Å². The molecule has 13 heteroatoms. The number of ether oxygens (including phenoxy) is 3. The number of halogens is 2. The van der Waals surface area contributed by atoms with E-state index in [9.17, 15) is 9.59 Å². The molecule has 1 fully saturated rings. The number of fused-ring (bicyclic) bond motifs is 1. The molecule has 0 spiro atoms. The van der Waals surface area contributed by atoms with Gasteiger partial charge < -0.3 is 24.4 Å². The Labute approximate surface area is 274 Å². The Morgan fingerprint density at radius 2 is 1.82 bits per heavy atom. The normalized spacial score (nSPS) is 13.7. The maximum absolute atomic E-state index is 14.3. The molecule has 11 nitrogen and oxygen atoms in total. The van der Waals surface area contributed by atoms with Crippen molar-refractivity contribution in [3.05, 3.63) is 51.4 Å². The van der Waals surface area contributed by atoms with Crippen LogP contribution < -0.4 is 20.3 Å². The van der Waals surface area contributed by atoms with Gasteiger partial charge in [-0.15, -0.1) is 0 Å². The number of aryl methyl sites for hydroxylation is 1. The van der Waals surface area contributed by atoms with Gasteiger partial charge in [-0.2, -0.15) is 4.98 Å². The third-order valence-electron chi connectivity index (χ3n) is 7.65. The van der Waals surface area contributed by atoms with E-state index in [1.54, 1.807) is 27.8 Å². The van der Waals surface area contributed by atoms with Gasteiger partial charge in [0.2, 0.25) is 11.9 Å². The molecule has 244 valence electrons. The summed E-state index contributed by atoms with van der Waals surface area (Å²) < 4.78 is 18.6. The Morgan fingerprint density at radius 1 is 1.07 bits per heavy atom. The van der Waals surface area contributed by atoms with E-state index in [-0.39, 0.29) is 21.5 Å². The number of amides is 1. The molecule has 0 radical (unpaired) electrons. The van der Waals surface area contributed by atoms with Crippen molar-refractivity contribution in [1.29, 1.82) is 0 Å². The molecule has 0 saturated carbocycles. The quantitative estimate of drug-likeness (QED) is 0.165. The Hall–Kier alpha value is -3.38. The van der Waals surface area contributed by atoms with Crippen molar-refractivity contribution in [3.8, 4) is 22.6 Å². The second kappa shape index (κ2) is 16.8. The number of nitrogens with one attached hydrogen (secondary N) is 1. The highest BCUT2D eigenvalue weighted by Crippen LogP contribution is 2.45. The molecule has 2 aromatic heterocycles. The third kappa shape index (κ3) is 8.46. The average Bonchev–Trinajstić information content (AvgIpc) is 3.05. The summed E-state index contributed by atoms with van der Waals surface area (Å²) in [6.07, 6.45) is 5.51. The molecule has 1 N–H and O–H groups in total. The van der Waals surface area contributed by atoms with Gasteiger partial charge in [-0.3, -0.25) is 19.1 Å². The van der Waals surface area contributed by atoms with Crippen molar-refractivity contribution >= 4 is 46.1 Å². The van der Waals surface area contributed by atoms with Crippen molar-refractivity contribution in [2.75, 3.05) is 71.5 Å². The number of hydrogen-bond acceptors (Lipinski definition) is 9. The number of carbonyl (C=O) groups excluding carboxylic acids is 1. The Morgan fingerprint density at radius 3 is 2.51 bits per heavy atom. The van der Waals surface area contributed by atoms with Crippen LogP contribution in [0.3, 0.4) is 0 Å². The van der Waals surface area contributed by atoms with Crippen molar-refractivity contribution in [2.24, 2.45) is 0 Å². The van der Waals surface area contributed by atoms with Gasteiger partial charge in [0.1, 0.15) is 17.1 Å². The van der Waals surface area contributed by atoms with Gasteiger partial charge in [-0.05, 0) is 38.5 Å². The molecule has 45 heavy (non-hydrogen) atoms. The predicted molar refractivity (Wildman–Crippen MR) is 179 cm³/mol. The minimum atomic E-state index is -0.292. The SMILES string of the molecule is C=CC(=O)N1CCN(CCCn2c(=O)c(-c3c(Cl)c(OC)cc(OCCCC)c3Cl)cc3cnc(NCCOCC)nc32)CC1. The van der Waals surface area contributed by atoms with Crippen molar-refractivity contribution < 1.29 is 19.0 Å². The molecule has 0 aliphatic carbocycles. The highest BCUT2D eigenvalue weighted by atomic mass is 35.5. The van der Waals surface area contributed by atoms with Gasteiger partial charge in [0, 0.05) is 69.1 Å². The second-order valence-electron chi connectivity index (χ2n) is 10.6. The Kier molecular flexibility index (Phi) is 12.9. The van der Waals surface area contributed by atoms with Gasteiger partial charge in [-0.1, -0.05) is 43.1 Å². The zero-order chi connectivity index (χ0) is 32.3. The van der Waals surface area contributed by atoms with Crippen molar-refractivity contribution in [1.82, 2.24) is 24.3 Å². The zero-order valence-electron chi connectivity index (χ0n) is 26.2. The molecule has 0 bridgehead atoms. The molecule has 3 heterocycles. The number of aromatic nitrogens is 3. The van der Waals surface area contributed by atoms with E-state index in [1.165, 1.54) is 13.2 Å². The van der Waals surface area contributed by atoms with E-state index >= 15 is 0 Å². The van der Waals surface area contributed by atoms with Gasteiger partial charge in [0.25, 0.3) is 5.56 Å². The van der Waals surface area contributed by atoms with Crippen LogP contribution in [-0.2, 0) is 16.1 Å². The molecule has 1 aromatic carbocycles. The number of methoxy groups -OCH3 is 1. The number of nitrogens with zero attached hydrogens (tertiary/aromatic N) is 5. The summed E-state index contributed by atoms with van der Waals surface area (Å²) in [5.41, 5.74) is 0.841. The number of carbonyl (C=O) groups is 1. The Balaban J connectivity index is 1.70. The fourth-order valence-corrected chi connectivity index (χ4v) is 5.87. The summed E-state index contributed by atoms with van der Waals surface area (Å²) >= 11 is 13.7. The van der Waals surface area contributed by atoms with E-state index in [0.717, 1.165) is 32.5 Å². The van der Waals surface area contributed by atoms with Crippen LogP contribution in [0.15, 0.2) is 35.8 Å². The number of benzene rings is 1. The molecular weight excluding hydrogens is 619 g/mol. The molecular formula is C32H42Cl2N6O5. The monoisotopic (exact) mass is 660 g/mol. The summed E-state index contributed by atoms with van der Waals surface area (Å²) in [5.74, 6) is 1.10. The average molecular weight is 662 g/mol. The van der Waals surface area contributed by atoms with Crippen LogP contribution in [-0.4, -0.2) is 96.4 Å². The summed E-state index contributed by atoms with van der Waals surface area (Å²) in [5, 5.41) is 4.28. The Bertz CT molecular complexity index is 1540. The molecule has 1 aliphatic heterocycles. The summed E-state index contributed by atoms with van der Waals surface area (Å²) in [6, 6.07) is 3.37. The maximum atomic E-state index is 14.3. The van der Waals surface area contributed by atoms with Crippen LogP contribution in [0.25, 0.3) is 22.2 Å².